The van der Waals surface area contributed by atoms with Gasteiger partial charge in [0, 0.05) is 15.2 Å². The summed E-state index contributed by atoms with van der Waals surface area (Å²) < 4.78 is 5.20. The molecular weight excluding hydrogens is 554 g/mol. The Morgan fingerprint density at radius 1 is 0.939 bits per heavy atom. The topological polar surface area (TPSA) is 80.8 Å². The Bertz CT molecular complexity index is 1130. The van der Waals surface area contributed by atoms with E-state index in [9.17, 15) is 19.2 Å². The standard InChI is InChI=1S/C25H21Br2NO5/c1-12-5-7-13(8-6-12)18(29)11-33-25(32)14-3-2-4-15(9-14)28-23(30)19-16-10-17(20(19)24(28)31)22(27)21(16)26/h2-9,16-17,19-22H,10-11H2,1H3/t16-,17+,19-,20+,21-,22+. The number of nitrogens with zero attached hydrogens (tertiary/aromatic N) is 1. The number of ether oxygens (including phenoxy) is 1. The minimum atomic E-state index is -0.683. The predicted octanol–water partition coefficient (Wildman–Crippen LogP) is 4.32. The van der Waals surface area contributed by atoms with Crippen LogP contribution in [0.4, 0.5) is 5.69 Å². The smallest absolute Gasteiger partial charge is 0.338 e. The molecule has 2 aliphatic carbocycles. The lowest BCUT2D eigenvalue weighted by atomic mass is 9.81. The largest absolute Gasteiger partial charge is 0.454 e. The fraction of sp³-hybridized carbons (Fsp3) is 0.360. The van der Waals surface area contributed by atoms with E-state index < -0.39 is 5.97 Å². The zero-order chi connectivity index (χ0) is 23.4. The zero-order valence-corrected chi connectivity index (χ0v) is 20.9. The molecule has 33 heavy (non-hydrogen) atoms. The van der Waals surface area contributed by atoms with Gasteiger partial charge in [-0.15, -0.1) is 0 Å². The van der Waals surface area contributed by atoms with Crippen LogP contribution in [0.25, 0.3) is 0 Å². The van der Waals surface area contributed by atoms with Crippen molar-refractivity contribution in [2.24, 2.45) is 23.7 Å². The van der Waals surface area contributed by atoms with E-state index in [0.29, 0.717) is 11.3 Å². The van der Waals surface area contributed by atoms with Crippen LogP contribution in [0.3, 0.4) is 0 Å². The van der Waals surface area contributed by atoms with Crippen molar-refractivity contribution >= 4 is 61.1 Å². The van der Waals surface area contributed by atoms with Crippen molar-refractivity contribution in [2.45, 2.75) is 23.0 Å². The number of carbonyl (C=O) groups excluding carboxylic acids is 4. The molecule has 8 heteroatoms. The Morgan fingerprint density at radius 3 is 2.15 bits per heavy atom. The molecule has 2 amide bonds. The molecule has 2 saturated carbocycles. The number of hydrogen-bond donors (Lipinski definition) is 0. The van der Waals surface area contributed by atoms with Crippen LogP contribution in [-0.4, -0.2) is 39.8 Å². The summed E-state index contributed by atoms with van der Waals surface area (Å²) in [7, 11) is 0. The van der Waals surface area contributed by atoms with Crippen LogP contribution in [0.1, 0.15) is 32.7 Å². The second kappa shape index (κ2) is 8.47. The molecule has 2 bridgehead atoms. The average Bonchev–Trinajstić information content (AvgIpc) is 3.42. The Kier molecular flexibility index (Phi) is 5.77. The van der Waals surface area contributed by atoms with Crippen LogP contribution in [-0.2, 0) is 14.3 Å². The third kappa shape index (κ3) is 3.67. The fourth-order valence-corrected chi connectivity index (χ4v) is 7.29. The normalized spacial score (nSPS) is 30.0. The second-order valence-corrected chi connectivity index (χ2v) is 11.0. The number of carbonyl (C=O) groups is 4. The van der Waals surface area contributed by atoms with E-state index in [1.807, 2.05) is 19.1 Å². The van der Waals surface area contributed by atoms with Crippen molar-refractivity contribution in [3.8, 4) is 0 Å². The molecule has 3 aliphatic rings. The summed E-state index contributed by atoms with van der Waals surface area (Å²) in [5, 5.41) is 0. The SMILES string of the molecule is Cc1ccc(C(=O)COC(=O)c2cccc(N3C(=O)[C@@H]4[C@H]5C[C@H]([C@H](Br)[C@@H]5Br)[C@@H]4C3=O)c2)cc1. The van der Waals surface area contributed by atoms with E-state index in [-0.39, 0.29) is 63.1 Å². The number of hydrogen-bond acceptors (Lipinski definition) is 5. The van der Waals surface area contributed by atoms with Gasteiger partial charge in [0.2, 0.25) is 11.8 Å². The molecule has 6 atom stereocenters. The maximum absolute atomic E-state index is 13.2. The van der Waals surface area contributed by atoms with Gasteiger partial charge in [0.05, 0.1) is 23.1 Å². The van der Waals surface area contributed by atoms with E-state index in [1.165, 1.54) is 11.0 Å². The maximum Gasteiger partial charge on any atom is 0.338 e. The van der Waals surface area contributed by atoms with Gasteiger partial charge in [-0.25, -0.2) is 4.79 Å². The van der Waals surface area contributed by atoms with E-state index in [2.05, 4.69) is 31.9 Å². The molecule has 170 valence electrons. The number of fused-ring (bicyclic) bond motifs is 5. The summed E-state index contributed by atoms with van der Waals surface area (Å²) in [6, 6.07) is 13.3. The summed E-state index contributed by atoms with van der Waals surface area (Å²) in [5.41, 5.74) is 2.03. The molecule has 6 nitrogen and oxygen atoms in total. The first kappa shape index (κ1) is 22.5. The molecule has 3 fully saturated rings. The molecule has 2 aromatic carbocycles. The van der Waals surface area contributed by atoms with Crippen LogP contribution < -0.4 is 4.90 Å². The minimum absolute atomic E-state index is 0.117. The number of amides is 2. The monoisotopic (exact) mass is 573 g/mol. The van der Waals surface area contributed by atoms with Crippen LogP contribution in [0, 0.1) is 30.6 Å². The Hall–Kier alpha value is -2.32. The highest BCUT2D eigenvalue weighted by atomic mass is 79.9. The summed E-state index contributed by atoms with van der Waals surface area (Å²) in [6.45, 7) is 1.53. The number of aryl methyl sites for hydroxylation is 1. The molecule has 0 N–H and O–H groups in total. The van der Waals surface area contributed by atoms with Gasteiger partial charge in [-0.05, 0) is 43.4 Å². The lowest BCUT2D eigenvalue weighted by molar-refractivity contribution is -0.123. The van der Waals surface area contributed by atoms with Crippen molar-refractivity contribution in [2.75, 3.05) is 11.5 Å². The van der Waals surface area contributed by atoms with Crippen LogP contribution in [0.5, 0.6) is 0 Å². The van der Waals surface area contributed by atoms with E-state index >= 15 is 0 Å². The number of ketones is 1. The van der Waals surface area contributed by atoms with Gasteiger partial charge in [0.15, 0.2) is 12.4 Å². The van der Waals surface area contributed by atoms with Crippen molar-refractivity contribution in [3.05, 3.63) is 65.2 Å². The highest BCUT2D eigenvalue weighted by Gasteiger charge is 2.66. The molecule has 0 aromatic heterocycles. The maximum atomic E-state index is 13.2. The van der Waals surface area contributed by atoms with Gasteiger partial charge < -0.3 is 4.74 Å². The van der Waals surface area contributed by atoms with Gasteiger partial charge in [-0.2, -0.15) is 0 Å². The van der Waals surface area contributed by atoms with Gasteiger partial charge in [0.1, 0.15) is 0 Å². The van der Waals surface area contributed by atoms with Gasteiger partial charge in [-0.1, -0.05) is 67.8 Å². The third-order valence-corrected chi connectivity index (χ3v) is 10.2. The molecule has 2 aromatic rings. The summed E-state index contributed by atoms with van der Waals surface area (Å²) >= 11 is 7.37. The highest BCUT2D eigenvalue weighted by Crippen LogP contribution is 2.60. The number of Topliss-reactive ketones (excluding diaryl/α,β-unsaturated/α-hetero) is 1. The Morgan fingerprint density at radius 2 is 1.55 bits per heavy atom. The fourth-order valence-electron chi connectivity index (χ4n) is 5.41. The van der Waals surface area contributed by atoms with Crippen LogP contribution in [0.15, 0.2) is 48.5 Å². The van der Waals surface area contributed by atoms with Crippen LogP contribution >= 0.6 is 31.9 Å². The number of benzene rings is 2. The number of imide groups is 1. The van der Waals surface area contributed by atoms with E-state index in [1.54, 1.807) is 30.3 Å². The molecule has 0 radical (unpaired) electrons. The number of rotatable bonds is 5. The molecule has 1 saturated heterocycles. The quantitative estimate of drug-likeness (QED) is 0.230. The lowest BCUT2D eigenvalue weighted by Crippen LogP contribution is -2.37. The van der Waals surface area contributed by atoms with Gasteiger partial charge >= 0.3 is 5.97 Å². The average molecular weight is 575 g/mol. The van der Waals surface area contributed by atoms with E-state index in [0.717, 1.165) is 12.0 Å². The first-order valence-electron chi connectivity index (χ1n) is 10.8. The second-order valence-electron chi connectivity index (χ2n) is 8.93. The minimum Gasteiger partial charge on any atom is -0.454 e. The molecule has 0 spiro atoms. The molecule has 1 aliphatic heterocycles. The summed E-state index contributed by atoms with van der Waals surface area (Å²) in [5.74, 6) is -1.83. The van der Waals surface area contributed by atoms with E-state index in [4.69, 9.17) is 4.74 Å². The highest BCUT2D eigenvalue weighted by molar-refractivity contribution is 9.12. The molecular formula is C25H21Br2NO5. The van der Waals surface area contributed by atoms with Crippen molar-refractivity contribution in [3.63, 3.8) is 0 Å². The summed E-state index contributed by atoms with van der Waals surface area (Å²) in [6.07, 6.45) is 0.855. The Labute approximate surface area is 207 Å². The molecule has 5 rings (SSSR count). The molecule has 1 heterocycles. The number of alkyl halides is 2. The third-order valence-electron chi connectivity index (χ3n) is 7.04. The van der Waals surface area contributed by atoms with Crippen molar-refractivity contribution < 1.29 is 23.9 Å². The first-order chi connectivity index (χ1) is 15.8. The number of anilines is 1. The lowest BCUT2D eigenvalue weighted by Gasteiger charge is -2.28. The van der Waals surface area contributed by atoms with Crippen molar-refractivity contribution in [1.82, 2.24) is 0 Å². The summed E-state index contributed by atoms with van der Waals surface area (Å²) in [4.78, 5) is 52.9. The van der Waals surface area contributed by atoms with Crippen molar-refractivity contribution in [1.29, 1.82) is 0 Å². The number of halogens is 2. The van der Waals surface area contributed by atoms with Gasteiger partial charge in [0.25, 0.3) is 0 Å². The zero-order valence-electron chi connectivity index (χ0n) is 17.7. The Balaban J connectivity index is 1.31. The van der Waals surface area contributed by atoms with Gasteiger partial charge in [-0.3, -0.25) is 19.3 Å². The predicted molar refractivity (Wildman–Crippen MR) is 129 cm³/mol. The van der Waals surface area contributed by atoms with Crippen LogP contribution in [0.2, 0.25) is 0 Å². The first-order valence-corrected chi connectivity index (χ1v) is 12.6. The number of esters is 1. The molecule has 0 unspecified atom stereocenters.